The minimum absolute atomic E-state index is 0.363. The molecule has 0 N–H and O–H groups in total. The van der Waals surface area contributed by atoms with Crippen molar-refractivity contribution in [2.75, 3.05) is 0 Å². The van der Waals surface area contributed by atoms with Crippen LogP contribution in [0.3, 0.4) is 0 Å². The number of rotatable bonds is 4. The number of fused-ring (bicyclic) bond motifs is 1. The Morgan fingerprint density at radius 2 is 1.81 bits per heavy atom. The van der Waals surface area contributed by atoms with E-state index in [9.17, 15) is 0 Å². The molecule has 0 atom stereocenters. The smallest absolute Gasteiger partial charge is 0.0685 e. The van der Waals surface area contributed by atoms with Gasteiger partial charge in [0, 0.05) is 23.4 Å². The summed E-state index contributed by atoms with van der Waals surface area (Å²) in [5.74, 6) is 0.532. The van der Waals surface area contributed by atoms with E-state index in [-0.39, 0.29) is 0 Å². The number of aromatic nitrogens is 2. The number of nitrogens with zero attached hydrogens (tertiary/aromatic N) is 3. The number of benzene rings is 2. The number of allylic oxidation sites excluding steroid dienone is 1. The molecule has 1 aliphatic heterocycles. The zero-order valence-corrected chi connectivity index (χ0v) is 15.9. The molecule has 0 amide bonds. The molecule has 0 bridgehead atoms. The van der Waals surface area contributed by atoms with Crippen LogP contribution in [0, 0.1) is 0 Å². The van der Waals surface area contributed by atoms with E-state index in [1.54, 1.807) is 0 Å². The van der Waals surface area contributed by atoms with E-state index < -0.39 is 0 Å². The lowest BCUT2D eigenvalue weighted by Crippen LogP contribution is -2.01. The number of hydrogen-bond acceptors (Lipinski definition) is 2. The lowest BCUT2D eigenvalue weighted by Gasteiger charge is -2.08. The Labute approximate surface area is 155 Å². The average molecular weight is 343 g/mol. The second kappa shape index (κ2) is 6.56. The molecule has 3 nitrogen and oxygen atoms in total. The molecule has 0 unspecified atom stereocenters. The van der Waals surface area contributed by atoms with Crippen LogP contribution in [0.1, 0.15) is 62.8 Å². The van der Waals surface area contributed by atoms with Crippen LogP contribution in [-0.4, -0.2) is 15.5 Å². The van der Waals surface area contributed by atoms with E-state index in [0.29, 0.717) is 12.0 Å². The first-order valence-corrected chi connectivity index (χ1v) is 9.38. The van der Waals surface area contributed by atoms with Gasteiger partial charge in [-0.1, -0.05) is 44.2 Å². The summed E-state index contributed by atoms with van der Waals surface area (Å²) in [7, 11) is 0. The maximum absolute atomic E-state index is 4.93. The van der Waals surface area contributed by atoms with Gasteiger partial charge in [0.25, 0.3) is 0 Å². The third-order valence-corrected chi connectivity index (χ3v) is 5.01. The highest BCUT2D eigenvalue weighted by Gasteiger charge is 2.14. The van der Waals surface area contributed by atoms with Gasteiger partial charge in [0.15, 0.2) is 0 Å². The van der Waals surface area contributed by atoms with Crippen LogP contribution in [0.15, 0.2) is 59.7 Å². The second-order valence-electron chi connectivity index (χ2n) is 7.59. The minimum atomic E-state index is 0.363. The summed E-state index contributed by atoms with van der Waals surface area (Å²) in [6, 6.07) is 15.6. The summed E-state index contributed by atoms with van der Waals surface area (Å²) in [6.45, 7) is 8.76. The van der Waals surface area contributed by atoms with Crippen molar-refractivity contribution in [2.24, 2.45) is 4.99 Å². The van der Waals surface area contributed by atoms with Crippen molar-refractivity contribution in [2.45, 2.75) is 46.1 Å². The van der Waals surface area contributed by atoms with Crippen LogP contribution in [0.5, 0.6) is 0 Å². The molecule has 2 heterocycles. The quantitative estimate of drug-likeness (QED) is 0.573. The molecule has 132 valence electrons. The fraction of sp³-hybridized carbons (Fsp3) is 0.304. The van der Waals surface area contributed by atoms with Gasteiger partial charge in [-0.25, -0.2) is 0 Å². The van der Waals surface area contributed by atoms with Gasteiger partial charge in [-0.15, -0.1) is 0 Å². The Bertz CT molecular complexity index is 1020. The lowest BCUT2D eigenvalue weighted by molar-refractivity contribution is 0.551. The topological polar surface area (TPSA) is 30.2 Å². The van der Waals surface area contributed by atoms with Crippen molar-refractivity contribution in [3.05, 3.63) is 71.4 Å². The third-order valence-electron chi connectivity index (χ3n) is 5.01. The van der Waals surface area contributed by atoms with Crippen LogP contribution in [0.2, 0.25) is 0 Å². The van der Waals surface area contributed by atoms with Crippen molar-refractivity contribution < 1.29 is 0 Å². The van der Waals surface area contributed by atoms with E-state index in [0.717, 1.165) is 23.4 Å². The Hall–Kier alpha value is -2.68. The molecule has 0 fully saturated rings. The van der Waals surface area contributed by atoms with Crippen LogP contribution in [-0.2, 0) is 0 Å². The summed E-state index contributed by atoms with van der Waals surface area (Å²) < 4.78 is 2.06. The Morgan fingerprint density at radius 3 is 2.58 bits per heavy atom. The standard InChI is InChI=1S/C23H25N3/c1-15(2)17-6-5-7-18(12-17)21-9-10-22(25-21)19-8-11-23-20(13-19)14-24-26(23)16(3)4/h5-8,10-16H,9H2,1-4H3. The minimum Gasteiger partial charge on any atom is -0.262 e. The number of aliphatic imine (C=N–C) groups is 1. The van der Waals surface area contributed by atoms with Crippen molar-refractivity contribution in [3.63, 3.8) is 0 Å². The van der Waals surface area contributed by atoms with Gasteiger partial charge >= 0.3 is 0 Å². The van der Waals surface area contributed by atoms with Crippen LogP contribution in [0.4, 0.5) is 0 Å². The van der Waals surface area contributed by atoms with E-state index in [2.05, 4.69) is 86.0 Å². The Kier molecular flexibility index (Phi) is 4.23. The van der Waals surface area contributed by atoms with Crippen LogP contribution in [0.25, 0.3) is 16.6 Å². The van der Waals surface area contributed by atoms with Gasteiger partial charge in [0.2, 0.25) is 0 Å². The highest BCUT2D eigenvalue weighted by atomic mass is 15.3. The van der Waals surface area contributed by atoms with Crippen molar-refractivity contribution in [1.82, 2.24) is 9.78 Å². The second-order valence-corrected chi connectivity index (χ2v) is 7.59. The summed E-state index contributed by atoms with van der Waals surface area (Å²) >= 11 is 0. The fourth-order valence-electron chi connectivity index (χ4n) is 3.50. The fourth-order valence-corrected chi connectivity index (χ4v) is 3.50. The molecule has 0 saturated carbocycles. The summed E-state index contributed by atoms with van der Waals surface area (Å²) in [6.07, 6.45) is 5.07. The van der Waals surface area contributed by atoms with Crippen LogP contribution >= 0.6 is 0 Å². The first kappa shape index (κ1) is 16.8. The maximum atomic E-state index is 4.93. The van der Waals surface area contributed by atoms with Crippen LogP contribution < -0.4 is 0 Å². The molecule has 1 aromatic heterocycles. The average Bonchev–Trinajstić information content (AvgIpc) is 3.28. The Balaban J connectivity index is 1.65. The highest BCUT2D eigenvalue weighted by Crippen LogP contribution is 2.29. The first-order valence-electron chi connectivity index (χ1n) is 9.38. The monoisotopic (exact) mass is 343 g/mol. The van der Waals surface area contributed by atoms with Gasteiger partial charge in [-0.3, -0.25) is 9.67 Å². The summed E-state index contributed by atoms with van der Waals surface area (Å²) in [5.41, 5.74) is 7.15. The summed E-state index contributed by atoms with van der Waals surface area (Å²) in [4.78, 5) is 4.93. The number of hydrogen-bond donors (Lipinski definition) is 0. The van der Waals surface area contributed by atoms with Crippen molar-refractivity contribution in [1.29, 1.82) is 0 Å². The van der Waals surface area contributed by atoms with Crippen molar-refractivity contribution >= 4 is 22.3 Å². The van der Waals surface area contributed by atoms with E-state index >= 15 is 0 Å². The molecule has 0 aliphatic carbocycles. The largest absolute Gasteiger partial charge is 0.262 e. The molecule has 4 rings (SSSR count). The molecule has 0 saturated heterocycles. The molecule has 3 aromatic rings. The van der Waals surface area contributed by atoms with E-state index in [1.165, 1.54) is 22.0 Å². The van der Waals surface area contributed by atoms with Gasteiger partial charge in [-0.05, 0) is 49.1 Å². The first-order chi connectivity index (χ1) is 12.5. The Morgan fingerprint density at radius 1 is 0.962 bits per heavy atom. The normalized spacial score (nSPS) is 14.4. The lowest BCUT2D eigenvalue weighted by atomic mass is 9.98. The predicted octanol–water partition coefficient (Wildman–Crippen LogP) is 5.97. The van der Waals surface area contributed by atoms with E-state index in [4.69, 9.17) is 4.99 Å². The molecule has 1 aliphatic rings. The molecule has 26 heavy (non-hydrogen) atoms. The van der Waals surface area contributed by atoms with E-state index in [1.807, 2.05) is 6.20 Å². The SMILES string of the molecule is CC(C)c1cccc(C2=NC(c3ccc4c(cnn4C(C)C)c3)=CC2)c1. The molecule has 0 radical (unpaired) electrons. The van der Waals surface area contributed by atoms with Crippen molar-refractivity contribution in [3.8, 4) is 0 Å². The van der Waals surface area contributed by atoms with Gasteiger partial charge in [0.05, 0.1) is 23.1 Å². The third kappa shape index (κ3) is 2.98. The van der Waals surface area contributed by atoms with Gasteiger partial charge in [0.1, 0.15) is 0 Å². The predicted molar refractivity (Wildman–Crippen MR) is 110 cm³/mol. The molecule has 0 spiro atoms. The zero-order chi connectivity index (χ0) is 18.3. The molecular formula is C23H25N3. The molecule has 3 heteroatoms. The molecular weight excluding hydrogens is 318 g/mol. The highest BCUT2D eigenvalue weighted by molar-refractivity contribution is 6.07. The molecule has 2 aromatic carbocycles. The van der Waals surface area contributed by atoms with Gasteiger partial charge < -0.3 is 0 Å². The summed E-state index contributed by atoms with van der Waals surface area (Å²) in [5, 5.41) is 5.68. The maximum Gasteiger partial charge on any atom is 0.0685 e. The zero-order valence-electron chi connectivity index (χ0n) is 15.9. The van der Waals surface area contributed by atoms with Gasteiger partial charge in [-0.2, -0.15) is 5.10 Å².